The van der Waals surface area contributed by atoms with Gasteiger partial charge in [-0.05, 0) is 43.9 Å². The predicted molar refractivity (Wildman–Crippen MR) is 119 cm³/mol. The number of amides is 2. The first-order valence-corrected chi connectivity index (χ1v) is 10.8. The molecule has 0 radical (unpaired) electrons. The van der Waals surface area contributed by atoms with Gasteiger partial charge in [-0.25, -0.2) is 9.78 Å². The van der Waals surface area contributed by atoms with E-state index >= 15 is 0 Å². The molecule has 1 aliphatic heterocycles. The number of benzene rings is 1. The number of carbonyl (C=O) groups excluding carboxylic acids is 2. The number of nitrogens with one attached hydrogen (secondary N) is 2. The van der Waals surface area contributed by atoms with Crippen molar-refractivity contribution >= 4 is 28.5 Å². The number of rotatable bonds is 4. The van der Waals surface area contributed by atoms with Crippen molar-refractivity contribution in [3.63, 3.8) is 0 Å². The minimum atomic E-state index is -0.541. The number of carbonyl (C=O) groups is 2. The maximum absolute atomic E-state index is 13.0. The summed E-state index contributed by atoms with van der Waals surface area (Å²) in [5.74, 6) is -0.435. The summed E-state index contributed by atoms with van der Waals surface area (Å²) < 4.78 is 1.50. The number of pyridine rings is 1. The molecule has 164 valence electrons. The van der Waals surface area contributed by atoms with Crippen molar-refractivity contribution < 1.29 is 9.59 Å². The highest BCUT2D eigenvalue weighted by atomic mass is 16.2. The lowest BCUT2D eigenvalue weighted by molar-refractivity contribution is -0.121. The first-order valence-electron chi connectivity index (χ1n) is 10.8. The number of hydrogen-bond donors (Lipinski definition) is 2. The third-order valence-electron chi connectivity index (χ3n) is 6.13. The minimum absolute atomic E-state index is 0.0414. The third-order valence-corrected chi connectivity index (χ3v) is 6.13. The van der Waals surface area contributed by atoms with Gasteiger partial charge in [-0.15, -0.1) is 0 Å². The summed E-state index contributed by atoms with van der Waals surface area (Å²) in [4.78, 5) is 58.4. The van der Waals surface area contributed by atoms with E-state index < -0.39 is 11.2 Å². The van der Waals surface area contributed by atoms with Gasteiger partial charge in [0.1, 0.15) is 5.65 Å². The predicted octanol–water partition coefficient (Wildman–Crippen LogP) is 1.91. The van der Waals surface area contributed by atoms with Crippen LogP contribution in [0.3, 0.4) is 0 Å². The summed E-state index contributed by atoms with van der Waals surface area (Å²) in [6, 6.07) is 10.9. The van der Waals surface area contributed by atoms with E-state index in [2.05, 4.69) is 15.3 Å². The SMILES string of the molecule is O=C(Nc1ccccc1)C1CCN(C(=O)c2cnc3c(c2)c(=O)[nH]c(=O)n3C2CC2)CC1. The van der Waals surface area contributed by atoms with Gasteiger partial charge >= 0.3 is 5.69 Å². The first kappa shape index (κ1) is 20.2. The molecule has 2 N–H and O–H groups in total. The molecule has 0 bridgehead atoms. The quantitative estimate of drug-likeness (QED) is 0.652. The molecule has 1 aromatic carbocycles. The summed E-state index contributed by atoms with van der Waals surface area (Å²) in [5.41, 5.74) is 0.367. The number of fused-ring (bicyclic) bond motifs is 1. The molecule has 5 rings (SSSR count). The molecule has 3 heterocycles. The summed E-state index contributed by atoms with van der Waals surface area (Å²) in [6.45, 7) is 0.892. The highest BCUT2D eigenvalue weighted by molar-refractivity contribution is 5.97. The number of para-hydroxylation sites is 1. The van der Waals surface area contributed by atoms with Gasteiger partial charge in [0.2, 0.25) is 5.91 Å². The van der Waals surface area contributed by atoms with E-state index in [1.807, 2.05) is 30.3 Å². The zero-order chi connectivity index (χ0) is 22.2. The Hall–Kier alpha value is -3.75. The number of hydrogen-bond acceptors (Lipinski definition) is 5. The van der Waals surface area contributed by atoms with Crippen LogP contribution < -0.4 is 16.6 Å². The molecule has 2 aromatic heterocycles. The van der Waals surface area contributed by atoms with Crippen molar-refractivity contribution in [2.45, 2.75) is 31.7 Å². The molecule has 1 saturated heterocycles. The van der Waals surface area contributed by atoms with Crippen LogP contribution in [0.2, 0.25) is 0 Å². The Morgan fingerprint density at radius 3 is 2.44 bits per heavy atom. The van der Waals surface area contributed by atoms with Crippen LogP contribution in [0.25, 0.3) is 11.0 Å². The van der Waals surface area contributed by atoms with Crippen LogP contribution in [-0.2, 0) is 4.79 Å². The van der Waals surface area contributed by atoms with Gasteiger partial charge in [-0.3, -0.25) is 23.9 Å². The van der Waals surface area contributed by atoms with E-state index in [0.29, 0.717) is 37.1 Å². The van der Waals surface area contributed by atoms with Crippen molar-refractivity contribution in [3.8, 4) is 0 Å². The van der Waals surface area contributed by atoms with Gasteiger partial charge in [0.25, 0.3) is 11.5 Å². The lowest BCUT2D eigenvalue weighted by Crippen LogP contribution is -2.41. The second kappa shape index (κ2) is 8.07. The van der Waals surface area contributed by atoms with Crippen LogP contribution in [0.4, 0.5) is 5.69 Å². The molecule has 1 saturated carbocycles. The molecule has 0 atom stereocenters. The fourth-order valence-electron chi connectivity index (χ4n) is 4.22. The number of aromatic amines is 1. The zero-order valence-corrected chi connectivity index (χ0v) is 17.4. The second-order valence-corrected chi connectivity index (χ2v) is 8.38. The number of anilines is 1. The van der Waals surface area contributed by atoms with Crippen molar-refractivity contribution in [1.82, 2.24) is 19.4 Å². The van der Waals surface area contributed by atoms with Crippen LogP contribution in [0, 0.1) is 5.92 Å². The van der Waals surface area contributed by atoms with E-state index in [-0.39, 0.29) is 29.2 Å². The number of aromatic nitrogens is 3. The highest BCUT2D eigenvalue weighted by Gasteiger charge is 2.30. The van der Waals surface area contributed by atoms with Gasteiger partial charge < -0.3 is 10.2 Å². The molecule has 32 heavy (non-hydrogen) atoms. The number of H-pyrrole nitrogens is 1. The summed E-state index contributed by atoms with van der Waals surface area (Å²) in [7, 11) is 0. The van der Waals surface area contributed by atoms with Crippen molar-refractivity contribution in [2.24, 2.45) is 5.92 Å². The molecule has 0 unspecified atom stereocenters. The molecule has 9 heteroatoms. The Balaban J connectivity index is 1.29. The third kappa shape index (κ3) is 3.81. The average Bonchev–Trinajstić information content (AvgIpc) is 3.64. The van der Waals surface area contributed by atoms with E-state index in [4.69, 9.17) is 0 Å². The molecule has 9 nitrogen and oxygen atoms in total. The molecule has 2 amide bonds. The maximum Gasteiger partial charge on any atom is 0.330 e. The number of piperidine rings is 1. The fourth-order valence-corrected chi connectivity index (χ4v) is 4.22. The van der Waals surface area contributed by atoms with Crippen LogP contribution in [0.15, 0.2) is 52.2 Å². The first-order chi connectivity index (χ1) is 15.5. The topological polar surface area (TPSA) is 117 Å². The monoisotopic (exact) mass is 433 g/mol. The zero-order valence-electron chi connectivity index (χ0n) is 17.4. The normalized spacial score (nSPS) is 16.8. The van der Waals surface area contributed by atoms with Gasteiger partial charge in [0, 0.05) is 36.9 Å². The Morgan fingerprint density at radius 1 is 1.03 bits per heavy atom. The van der Waals surface area contributed by atoms with Crippen molar-refractivity contribution in [2.75, 3.05) is 18.4 Å². The maximum atomic E-state index is 13.0. The van der Waals surface area contributed by atoms with Crippen molar-refractivity contribution in [3.05, 3.63) is 69.0 Å². The molecular formula is C23H23N5O4. The molecular weight excluding hydrogens is 410 g/mol. The van der Waals surface area contributed by atoms with E-state index in [1.54, 1.807) is 4.90 Å². The molecule has 2 fully saturated rings. The lowest BCUT2D eigenvalue weighted by atomic mass is 9.95. The van der Waals surface area contributed by atoms with Crippen molar-refractivity contribution in [1.29, 1.82) is 0 Å². The van der Waals surface area contributed by atoms with E-state index in [0.717, 1.165) is 18.5 Å². The van der Waals surface area contributed by atoms with Gasteiger partial charge in [-0.2, -0.15) is 0 Å². The number of nitrogens with zero attached hydrogens (tertiary/aromatic N) is 3. The van der Waals surface area contributed by atoms with Gasteiger partial charge in [0.15, 0.2) is 0 Å². The van der Waals surface area contributed by atoms with E-state index in [1.165, 1.54) is 16.8 Å². The van der Waals surface area contributed by atoms with Crippen LogP contribution in [0.5, 0.6) is 0 Å². The standard InChI is InChI=1S/C23H23N5O4/c29-20(25-16-4-2-1-3-5-16)14-8-10-27(11-9-14)22(31)15-12-18-19(24-13-15)28(17-6-7-17)23(32)26-21(18)30/h1-5,12-14,17H,6-11H2,(H,25,29)(H,26,30,32). The molecule has 0 spiro atoms. The minimum Gasteiger partial charge on any atom is -0.339 e. The molecule has 3 aromatic rings. The largest absolute Gasteiger partial charge is 0.339 e. The Kier molecular flexibility index (Phi) is 5.08. The average molecular weight is 433 g/mol. The highest BCUT2D eigenvalue weighted by Crippen LogP contribution is 2.34. The summed E-state index contributed by atoms with van der Waals surface area (Å²) >= 11 is 0. The Labute approximate surface area is 183 Å². The Bertz CT molecular complexity index is 1300. The molecule has 1 aliphatic carbocycles. The van der Waals surface area contributed by atoms with Gasteiger partial charge in [-0.1, -0.05) is 18.2 Å². The fraction of sp³-hybridized carbons (Fsp3) is 0.348. The Morgan fingerprint density at radius 2 is 1.75 bits per heavy atom. The second-order valence-electron chi connectivity index (χ2n) is 8.38. The smallest absolute Gasteiger partial charge is 0.330 e. The van der Waals surface area contributed by atoms with Gasteiger partial charge in [0.05, 0.1) is 10.9 Å². The van der Waals surface area contributed by atoms with Crippen LogP contribution in [-0.4, -0.2) is 44.3 Å². The summed E-state index contributed by atoms with van der Waals surface area (Å²) in [5, 5.41) is 3.15. The van der Waals surface area contributed by atoms with Crippen LogP contribution >= 0.6 is 0 Å². The lowest BCUT2D eigenvalue weighted by Gasteiger charge is -2.31. The van der Waals surface area contributed by atoms with E-state index in [9.17, 15) is 19.2 Å². The van der Waals surface area contributed by atoms with Crippen LogP contribution in [0.1, 0.15) is 42.1 Å². The summed E-state index contributed by atoms with van der Waals surface area (Å²) in [6.07, 6.45) is 4.30. The number of likely N-dealkylation sites (tertiary alicyclic amines) is 1. The molecule has 2 aliphatic rings.